The monoisotopic (exact) mass is 607 g/mol. The number of hydrogen-bond donors (Lipinski definition) is 0. The molecule has 0 saturated heterocycles. The van der Waals surface area contributed by atoms with Crippen LogP contribution in [0.15, 0.2) is 127 Å². The van der Waals surface area contributed by atoms with Crippen molar-refractivity contribution in [1.29, 1.82) is 0 Å². The maximum atomic E-state index is 5.05. The van der Waals surface area contributed by atoms with Crippen molar-refractivity contribution < 1.29 is 17.1 Å². The van der Waals surface area contributed by atoms with E-state index in [2.05, 4.69) is 12.1 Å². The minimum atomic E-state index is -0.445. The topological polar surface area (TPSA) is 102 Å². The summed E-state index contributed by atoms with van der Waals surface area (Å²) in [6.45, 7) is 4.00. The molecule has 0 saturated carbocycles. The molecule has 4 aromatic carbocycles. The molecule has 0 spiro atoms. The molecule has 1 radical (unpaired) electrons. The number of rotatable bonds is 0. The molecule has 0 aliphatic carbocycles. The van der Waals surface area contributed by atoms with Crippen LogP contribution in [0.4, 0.5) is 0 Å². The van der Waals surface area contributed by atoms with Crippen LogP contribution in [0.25, 0.3) is 16.1 Å². The fourth-order valence-electron chi connectivity index (χ4n) is 5.73. The minimum Gasteiger partial charge on any atom is -0.611 e. The maximum Gasteiger partial charge on any atom is 2.00 e. The Labute approximate surface area is 258 Å². The summed E-state index contributed by atoms with van der Waals surface area (Å²) in [5.74, 6) is 2.35. The van der Waals surface area contributed by atoms with Gasteiger partial charge in [0.2, 0.25) is 0 Å². The number of amidine groups is 4. The Morgan fingerprint density at radius 2 is 0.837 bits per heavy atom. The first-order chi connectivity index (χ1) is 20.8. The maximum absolute atomic E-state index is 5.05. The first kappa shape index (κ1) is 27.0. The van der Waals surface area contributed by atoms with Gasteiger partial charge in [0.15, 0.2) is 11.7 Å². The molecule has 8 nitrogen and oxygen atoms in total. The number of aliphatic imine (C=N–C) groups is 4. The fraction of sp³-hybridized carbons (Fsp3) is 0.118. The largest absolute Gasteiger partial charge is 2.00 e. The van der Waals surface area contributed by atoms with Crippen molar-refractivity contribution in [2.45, 2.75) is 26.2 Å². The third kappa shape index (κ3) is 4.32. The zero-order valence-electron chi connectivity index (χ0n) is 23.3. The van der Waals surface area contributed by atoms with Gasteiger partial charge in [-0.1, -0.05) is 111 Å². The molecular formula is C34H24CuN8. The van der Waals surface area contributed by atoms with Gasteiger partial charge in [0.05, 0.1) is 11.7 Å². The standard InChI is InChI=1S/C32H18N8.C2H6.Cu/c1-2-10-18-17(9-1)25-33-26(18)38-28-21-13-5-6-14-22(21)30(35-28)40-32-24-16-8-7-15-23(24)31(36-32)39-29-20-12-4-3-11-19(20)27(34-29)37-25;1-2;/h1-16,25-26H;1-2H3;/q-2;;+2. The van der Waals surface area contributed by atoms with Gasteiger partial charge in [0.1, 0.15) is 0 Å². The molecule has 4 aliphatic rings. The van der Waals surface area contributed by atoms with E-state index in [1.807, 2.05) is 98.8 Å². The molecule has 9 rings (SSSR count). The van der Waals surface area contributed by atoms with Crippen molar-refractivity contribution in [1.82, 2.24) is 4.98 Å². The molecule has 43 heavy (non-hydrogen) atoms. The number of nitrogens with zero attached hydrogens (tertiary/aromatic N) is 8. The summed E-state index contributed by atoms with van der Waals surface area (Å²) in [4.78, 5) is 34.7. The smallest absolute Gasteiger partial charge is 0.611 e. The molecule has 0 fully saturated rings. The first-order valence-corrected chi connectivity index (χ1v) is 14.1. The average molecular weight is 608 g/mol. The fourth-order valence-corrected chi connectivity index (χ4v) is 5.73. The van der Waals surface area contributed by atoms with E-state index >= 15 is 0 Å². The van der Waals surface area contributed by atoms with Gasteiger partial charge in [-0.25, -0.2) is 9.98 Å². The van der Waals surface area contributed by atoms with E-state index in [1.165, 1.54) is 0 Å². The van der Waals surface area contributed by atoms with Crippen molar-refractivity contribution in [3.05, 3.63) is 147 Å². The normalized spacial score (nSPS) is 18.7. The SMILES string of the molecule is CC.[Cu+2].c1ccc2c(c1)C1=NC2=NC2[N-]C(N=C3N=C(N=c4[n-]c(c5ccccc45)=N1)c1ccccc13)c1ccccc12. The van der Waals surface area contributed by atoms with Crippen LogP contribution in [0.1, 0.15) is 59.6 Å². The van der Waals surface area contributed by atoms with Gasteiger partial charge in [-0.05, 0) is 34.2 Å². The van der Waals surface area contributed by atoms with Crippen LogP contribution < -0.4 is 16.0 Å². The second-order valence-corrected chi connectivity index (χ2v) is 9.92. The molecule has 2 atom stereocenters. The minimum absolute atomic E-state index is 0. The Bertz CT molecular complexity index is 2020. The van der Waals surface area contributed by atoms with E-state index in [0.717, 1.165) is 44.2 Å². The van der Waals surface area contributed by atoms with Gasteiger partial charge in [0, 0.05) is 33.2 Å². The second kappa shape index (κ2) is 10.8. The van der Waals surface area contributed by atoms with E-state index < -0.39 is 12.3 Å². The van der Waals surface area contributed by atoms with Crippen LogP contribution in [0, 0.1) is 0 Å². The third-order valence-electron chi connectivity index (χ3n) is 7.61. The number of benzene rings is 4. The molecule has 2 unspecified atom stereocenters. The Balaban J connectivity index is 0.000000981. The quantitative estimate of drug-likeness (QED) is 0.211. The summed E-state index contributed by atoms with van der Waals surface area (Å²) < 4.78 is 0. The van der Waals surface area contributed by atoms with Crippen LogP contribution in [0.5, 0.6) is 0 Å². The Hall–Kier alpha value is -4.82. The van der Waals surface area contributed by atoms with Crippen LogP contribution in [-0.4, -0.2) is 23.3 Å². The molecule has 1 aromatic heterocycles. The summed E-state index contributed by atoms with van der Waals surface area (Å²) in [5.41, 5.74) is 6.83. The summed E-state index contributed by atoms with van der Waals surface area (Å²) in [7, 11) is 0. The Morgan fingerprint density at radius 1 is 0.465 bits per heavy atom. The van der Waals surface area contributed by atoms with Gasteiger partial charge in [0.25, 0.3) is 0 Å². The van der Waals surface area contributed by atoms with E-state index in [4.69, 9.17) is 40.3 Å². The van der Waals surface area contributed by atoms with Gasteiger partial charge < -0.3 is 20.3 Å². The average Bonchev–Trinajstić information content (AvgIpc) is 3.78. The van der Waals surface area contributed by atoms with E-state index in [9.17, 15) is 0 Å². The summed E-state index contributed by atoms with van der Waals surface area (Å²) in [6, 6.07) is 32.2. The van der Waals surface area contributed by atoms with Gasteiger partial charge in [-0.3, -0.25) is 9.98 Å². The summed E-state index contributed by atoms with van der Waals surface area (Å²) >= 11 is 0. The summed E-state index contributed by atoms with van der Waals surface area (Å²) in [5, 5.41) is 6.84. The number of fused-ring (bicyclic) bond motifs is 18. The zero-order chi connectivity index (χ0) is 28.2. The van der Waals surface area contributed by atoms with Crippen molar-refractivity contribution in [3.63, 3.8) is 0 Å². The molecule has 5 heterocycles. The van der Waals surface area contributed by atoms with Gasteiger partial charge in [-0.15, -0.1) is 0 Å². The Morgan fingerprint density at radius 3 is 1.28 bits per heavy atom. The summed E-state index contributed by atoms with van der Waals surface area (Å²) in [6.07, 6.45) is -0.891. The molecule has 4 aliphatic heterocycles. The van der Waals surface area contributed by atoms with Crippen molar-refractivity contribution >= 4 is 34.1 Å². The molecule has 8 bridgehead atoms. The first-order valence-electron chi connectivity index (χ1n) is 14.1. The molecular weight excluding hydrogens is 584 g/mol. The molecule has 5 aromatic rings. The molecule has 211 valence electrons. The van der Waals surface area contributed by atoms with Crippen LogP contribution in [-0.2, 0) is 17.1 Å². The molecule has 0 N–H and O–H groups in total. The van der Waals surface area contributed by atoms with E-state index in [-0.39, 0.29) is 17.1 Å². The number of aromatic nitrogens is 1. The van der Waals surface area contributed by atoms with Crippen LogP contribution in [0.2, 0.25) is 0 Å². The predicted octanol–water partition coefficient (Wildman–Crippen LogP) is 5.57. The van der Waals surface area contributed by atoms with Crippen molar-refractivity contribution in [2.75, 3.05) is 0 Å². The van der Waals surface area contributed by atoms with Crippen LogP contribution >= 0.6 is 0 Å². The van der Waals surface area contributed by atoms with Gasteiger partial charge in [-0.2, -0.15) is 0 Å². The third-order valence-corrected chi connectivity index (χ3v) is 7.61. The van der Waals surface area contributed by atoms with E-state index in [1.54, 1.807) is 0 Å². The predicted molar refractivity (Wildman–Crippen MR) is 165 cm³/mol. The van der Waals surface area contributed by atoms with Crippen molar-refractivity contribution in [3.8, 4) is 0 Å². The van der Waals surface area contributed by atoms with Crippen LogP contribution in [0.3, 0.4) is 0 Å². The van der Waals surface area contributed by atoms with E-state index in [0.29, 0.717) is 34.3 Å². The second-order valence-electron chi connectivity index (χ2n) is 9.92. The molecule has 9 heteroatoms. The van der Waals surface area contributed by atoms with Crippen molar-refractivity contribution in [2.24, 2.45) is 30.0 Å². The molecule has 0 amide bonds. The Kier molecular flexibility index (Phi) is 6.78. The zero-order valence-corrected chi connectivity index (χ0v) is 24.2. The van der Waals surface area contributed by atoms with Gasteiger partial charge >= 0.3 is 17.1 Å². The number of hydrogen-bond acceptors (Lipinski definition) is 6.